The van der Waals surface area contributed by atoms with E-state index in [0.29, 0.717) is 5.56 Å². The second-order valence-corrected chi connectivity index (χ2v) is 6.89. The average Bonchev–Trinajstić information content (AvgIpc) is 2.62. The molecule has 0 bridgehead atoms. The molecule has 2 atom stereocenters. The van der Waals surface area contributed by atoms with Crippen LogP contribution in [0.25, 0.3) is 0 Å². The minimum Gasteiger partial charge on any atom is -0.378 e. The Balaban J connectivity index is 2.03. The molecule has 0 saturated carbocycles. The van der Waals surface area contributed by atoms with E-state index in [1.165, 1.54) is 5.56 Å². The highest BCUT2D eigenvalue weighted by Crippen LogP contribution is 2.39. The van der Waals surface area contributed by atoms with Crippen molar-refractivity contribution in [2.75, 3.05) is 17.3 Å². The zero-order chi connectivity index (χ0) is 18.8. The molecule has 2 aromatic carbocycles. The van der Waals surface area contributed by atoms with Gasteiger partial charge in [-0.15, -0.1) is 0 Å². The highest BCUT2D eigenvalue weighted by atomic mass is 16.2. The Bertz CT molecular complexity index is 830. The predicted octanol–water partition coefficient (Wildman–Crippen LogP) is 3.65. The molecule has 1 aliphatic rings. The predicted molar refractivity (Wildman–Crippen MR) is 105 cm³/mol. The number of hydrogen-bond acceptors (Lipinski definition) is 3. The van der Waals surface area contributed by atoms with Gasteiger partial charge in [-0.2, -0.15) is 0 Å². The summed E-state index contributed by atoms with van der Waals surface area (Å²) in [6, 6.07) is 13.9. The summed E-state index contributed by atoms with van der Waals surface area (Å²) in [5.41, 5.74) is 4.67. The van der Waals surface area contributed by atoms with E-state index < -0.39 is 0 Å². The Hall–Kier alpha value is -2.82. The summed E-state index contributed by atoms with van der Waals surface area (Å²) in [4.78, 5) is 26.1. The third-order valence-electron chi connectivity index (χ3n) is 4.90. The third-order valence-corrected chi connectivity index (χ3v) is 4.90. The lowest BCUT2D eigenvalue weighted by Crippen LogP contribution is -2.43. The van der Waals surface area contributed by atoms with Gasteiger partial charge >= 0.3 is 0 Å². The lowest BCUT2D eigenvalue weighted by atomic mass is 9.90. The lowest BCUT2D eigenvalue weighted by molar-refractivity contribution is -0.117. The molecule has 0 fully saturated rings. The molecule has 2 unspecified atom stereocenters. The van der Waals surface area contributed by atoms with Gasteiger partial charge in [0.05, 0.1) is 6.04 Å². The number of rotatable bonds is 3. The summed E-state index contributed by atoms with van der Waals surface area (Å²) < 4.78 is 0. The second-order valence-electron chi connectivity index (χ2n) is 6.89. The maximum Gasteiger partial charge on any atom is 0.251 e. The Morgan fingerprint density at radius 1 is 1.12 bits per heavy atom. The van der Waals surface area contributed by atoms with E-state index >= 15 is 0 Å². The number of carbonyl (C=O) groups is 2. The Labute approximate surface area is 154 Å². The van der Waals surface area contributed by atoms with Gasteiger partial charge in [0.15, 0.2) is 0 Å². The summed E-state index contributed by atoms with van der Waals surface area (Å²) in [6.45, 7) is 5.70. The number of amides is 2. The summed E-state index contributed by atoms with van der Waals surface area (Å²) in [5, 5.41) is 6.23. The number of aryl methyl sites for hydroxylation is 1. The molecule has 0 aromatic heterocycles. The van der Waals surface area contributed by atoms with Gasteiger partial charge in [0.2, 0.25) is 5.91 Å². The van der Waals surface area contributed by atoms with Crippen molar-refractivity contribution in [3.8, 4) is 0 Å². The van der Waals surface area contributed by atoms with Crippen LogP contribution in [0.4, 0.5) is 11.4 Å². The number of anilines is 2. The Morgan fingerprint density at radius 2 is 1.81 bits per heavy atom. The van der Waals surface area contributed by atoms with Gasteiger partial charge in [-0.3, -0.25) is 9.59 Å². The van der Waals surface area contributed by atoms with Crippen molar-refractivity contribution in [2.24, 2.45) is 0 Å². The third kappa shape index (κ3) is 3.43. The number of fused-ring (bicyclic) bond motifs is 1. The van der Waals surface area contributed by atoms with Crippen molar-refractivity contribution in [1.82, 2.24) is 5.32 Å². The van der Waals surface area contributed by atoms with Crippen LogP contribution in [0.15, 0.2) is 42.5 Å². The highest BCUT2D eigenvalue weighted by molar-refractivity contribution is 5.97. The molecule has 3 rings (SSSR count). The van der Waals surface area contributed by atoms with Crippen LogP contribution in [0.3, 0.4) is 0 Å². The SMILES string of the molecule is CNC(=O)c1ccc2c(c1)C(Nc1ccc(C)cc1)CC(C)N2C(C)=O. The van der Waals surface area contributed by atoms with Crippen LogP contribution in [0.1, 0.15) is 47.8 Å². The van der Waals surface area contributed by atoms with Crippen molar-refractivity contribution in [3.05, 3.63) is 59.2 Å². The normalized spacial score (nSPS) is 18.8. The van der Waals surface area contributed by atoms with Crippen LogP contribution in [0.2, 0.25) is 0 Å². The Morgan fingerprint density at radius 3 is 2.42 bits per heavy atom. The van der Waals surface area contributed by atoms with Crippen LogP contribution in [-0.4, -0.2) is 24.9 Å². The van der Waals surface area contributed by atoms with Crippen molar-refractivity contribution in [3.63, 3.8) is 0 Å². The maximum atomic E-state index is 12.2. The first kappa shape index (κ1) is 18.0. The maximum absolute atomic E-state index is 12.2. The molecular formula is C21H25N3O2. The fraction of sp³-hybridized carbons (Fsp3) is 0.333. The molecule has 1 heterocycles. The van der Waals surface area contributed by atoms with Gasteiger partial charge in [-0.25, -0.2) is 0 Å². The fourth-order valence-corrected chi connectivity index (χ4v) is 3.62. The minimum atomic E-state index is -0.130. The quantitative estimate of drug-likeness (QED) is 0.887. The number of carbonyl (C=O) groups excluding carboxylic acids is 2. The van der Waals surface area contributed by atoms with Crippen molar-refractivity contribution >= 4 is 23.2 Å². The summed E-state index contributed by atoms with van der Waals surface area (Å²) >= 11 is 0. The number of hydrogen-bond donors (Lipinski definition) is 2. The first-order chi connectivity index (χ1) is 12.4. The second kappa shape index (κ2) is 7.20. The van der Waals surface area contributed by atoms with Gasteiger partial charge in [-0.1, -0.05) is 17.7 Å². The number of nitrogens with zero attached hydrogens (tertiary/aromatic N) is 1. The molecule has 2 aromatic rings. The molecule has 2 amide bonds. The van der Waals surface area contributed by atoms with Crippen LogP contribution in [-0.2, 0) is 4.79 Å². The molecule has 1 aliphatic heterocycles. The Kier molecular flexibility index (Phi) is 4.98. The summed E-state index contributed by atoms with van der Waals surface area (Å²) in [7, 11) is 1.62. The smallest absolute Gasteiger partial charge is 0.251 e. The van der Waals surface area contributed by atoms with Crippen LogP contribution >= 0.6 is 0 Å². The van der Waals surface area contributed by atoms with Crippen molar-refractivity contribution < 1.29 is 9.59 Å². The van der Waals surface area contributed by atoms with E-state index in [4.69, 9.17) is 0 Å². The van der Waals surface area contributed by atoms with Crippen LogP contribution < -0.4 is 15.5 Å². The van der Waals surface area contributed by atoms with Gasteiger partial charge in [0, 0.05) is 37.0 Å². The molecule has 5 nitrogen and oxygen atoms in total. The highest BCUT2D eigenvalue weighted by Gasteiger charge is 2.32. The van der Waals surface area contributed by atoms with E-state index in [2.05, 4.69) is 48.7 Å². The molecule has 136 valence electrons. The van der Waals surface area contributed by atoms with Gasteiger partial charge < -0.3 is 15.5 Å². The van der Waals surface area contributed by atoms with E-state index in [0.717, 1.165) is 23.4 Å². The summed E-state index contributed by atoms with van der Waals surface area (Å²) in [5.74, 6) is -0.116. The molecule has 0 aliphatic carbocycles. The van der Waals surface area contributed by atoms with Crippen LogP contribution in [0.5, 0.6) is 0 Å². The minimum absolute atomic E-state index is 0.0141. The first-order valence-electron chi connectivity index (χ1n) is 8.89. The topological polar surface area (TPSA) is 61.4 Å². The van der Waals surface area contributed by atoms with Crippen molar-refractivity contribution in [1.29, 1.82) is 0 Å². The molecule has 5 heteroatoms. The van der Waals surface area contributed by atoms with Crippen molar-refractivity contribution in [2.45, 2.75) is 39.3 Å². The zero-order valence-corrected chi connectivity index (χ0v) is 15.7. The average molecular weight is 351 g/mol. The summed E-state index contributed by atoms with van der Waals surface area (Å²) in [6.07, 6.45) is 0.775. The van der Waals surface area contributed by atoms with E-state index in [-0.39, 0.29) is 23.9 Å². The standard InChI is InChI=1S/C21H25N3O2/c1-13-5-8-17(9-6-13)23-19-11-14(2)24(15(3)25)20-10-7-16(12-18(19)20)21(26)22-4/h5-10,12,14,19,23H,11H2,1-4H3,(H,22,26). The molecular weight excluding hydrogens is 326 g/mol. The zero-order valence-electron chi connectivity index (χ0n) is 15.7. The van der Waals surface area contributed by atoms with Crippen LogP contribution in [0, 0.1) is 6.92 Å². The molecule has 2 N–H and O–H groups in total. The molecule has 0 saturated heterocycles. The van der Waals surface area contributed by atoms with Gasteiger partial charge in [0.1, 0.15) is 0 Å². The fourth-order valence-electron chi connectivity index (χ4n) is 3.62. The molecule has 0 spiro atoms. The largest absolute Gasteiger partial charge is 0.378 e. The lowest BCUT2D eigenvalue weighted by Gasteiger charge is -2.39. The van der Waals surface area contributed by atoms with E-state index in [1.807, 2.05) is 17.0 Å². The molecule has 0 radical (unpaired) electrons. The number of benzene rings is 2. The molecule has 26 heavy (non-hydrogen) atoms. The van der Waals surface area contributed by atoms with E-state index in [1.54, 1.807) is 20.0 Å². The van der Waals surface area contributed by atoms with E-state index in [9.17, 15) is 9.59 Å². The monoisotopic (exact) mass is 351 g/mol. The first-order valence-corrected chi connectivity index (χ1v) is 8.89. The van der Waals surface area contributed by atoms with Gasteiger partial charge in [0.25, 0.3) is 5.91 Å². The number of nitrogens with one attached hydrogen (secondary N) is 2. The van der Waals surface area contributed by atoms with Gasteiger partial charge in [-0.05, 0) is 56.2 Å².